The maximum Gasteiger partial charge on any atom is 0.331 e. The van der Waals surface area contributed by atoms with Gasteiger partial charge in [0.25, 0.3) is 0 Å². The van der Waals surface area contributed by atoms with Crippen LogP contribution in [0.15, 0.2) is 24.5 Å². The minimum Gasteiger partial charge on any atom is -0.507 e. The van der Waals surface area contributed by atoms with Crippen LogP contribution in [0.3, 0.4) is 0 Å². The summed E-state index contributed by atoms with van der Waals surface area (Å²) in [5.41, 5.74) is 4.81. The Balaban J connectivity index is 0.000000997. The molecule has 6 N–H and O–H groups in total. The molecule has 0 aliphatic carbocycles. The van der Waals surface area contributed by atoms with Crippen LogP contribution in [-0.4, -0.2) is 64.2 Å². The molecule has 0 bridgehead atoms. The van der Waals surface area contributed by atoms with Gasteiger partial charge in [0.05, 0.1) is 41.3 Å². The summed E-state index contributed by atoms with van der Waals surface area (Å²) in [6.45, 7) is 5.64. The van der Waals surface area contributed by atoms with E-state index in [9.17, 15) is 19.6 Å². The molecular formula is C29H34ClF2N9O3. The number of benzene rings is 2. The van der Waals surface area contributed by atoms with E-state index in [0.717, 1.165) is 0 Å². The maximum absolute atomic E-state index is 16.1. The third kappa shape index (κ3) is 7.00. The van der Waals surface area contributed by atoms with Crippen molar-refractivity contribution in [3.63, 3.8) is 0 Å². The number of nitrogens with zero attached hydrogens (tertiary/aromatic N) is 6. The second-order valence-corrected chi connectivity index (χ2v) is 9.99. The van der Waals surface area contributed by atoms with Crippen molar-refractivity contribution < 1.29 is 23.4 Å². The largest absolute Gasteiger partial charge is 0.507 e. The summed E-state index contributed by atoms with van der Waals surface area (Å²) in [7, 11) is 0. The Morgan fingerprint density at radius 2 is 2.02 bits per heavy atom. The van der Waals surface area contributed by atoms with Gasteiger partial charge in [-0.25, -0.2) is 29.4 Å². The number of aromatic hydroxyl groups is 1. The fourth-order valence-electron chi connectivity index (χ4n) is 5.22. The van der Waals surface area contributed by atoms with Crippen LogP contribution in [0.5, 0.6) is 11.5 Å². The van der Waals surface area contributed by atoms with E-state index < -0.39 is 24.7 Å². The minimum atomic E-state index is -1.75. The van der Waals surface area contributed by atoms with Crippen LogP contribution in [0.25, 0.3) is 22.0 Å². The van der Waals surface area contributed by atoms with Crippen molar-refractivity contribution in [2.24, 2.45) is 11.6 Å². The van der Waals surface area contributed by atoms with Crippen molar-refractivity contribution in [3.05, 3.63) is 40.9 Å². The molecule has 0 saturated carbocycles. The fourth-order valence-corrected chi connectivity index (χ4v) is 5.55. The first-order valence-electron chi connectivity index (χ1n) is 13.9. The number of hydrazine groups is 1. The number of phenolic OH excluding ortho intramolecular Hbond substituents is 1. The van der Waals surface area contributed by atoms with E-state index >= 15 is 4.39 Å². The summed E-state index contributed by atoms with van der Waals surface area (Å²) in [6.07, 6.45) is 1.01. The molecule has 3 atom stereocenters. The van der Waals surface area contributed by atoms with E-state index in [-0.39, 0.29) is 62.8 Å². The summed E-state index contributed by atoms with van der Waals surface area (Å²) in [5, 5.41) is 31.1. The number of piperidine rings is 1. The average molecular weight is 630 g/mol. The number of carbonyl (C=O) groups is 1. The molecule has 2 aromatic carbocycles. The molecule has 2 amide bonds. The molecular weight excluding hydrogens is 596 g/mol. The zero-order valence-corrected chi connectivity index (χ0v) is 25.3. The van der Waals surface area contributed by atoms with E-state index in [4.69, 9.17) is 33.2 Å². The van der Waals surface area contributed by atoms with Gasteiger partial charge >= 0.3 is 6.03 Å². The van der Waals surface area contributed by atoms with Crippen LogP contribution in [0.1, 0.15) is 45.6 Å². The normalized spacial score (nSPS) is 17.4. The molecule has 1 fully saturated rings. The number of hydrogen-bond acceptors (Lipinski definition) is 10. The number of urea groups is 1. The van der Waals surface area contributed by atoms with Crippen LogP contribution >= 0.6 is 11.6 Å². The zero-order valence-electron chi connectivity index (χ0n) is 24.5. The summed E-state index contributed by atoms with van der Waals surface area (Å²) < 4.78 is 35.2. The Morgan fingerprint density at radius 3 is 2.68 bits per heavy atom. The molecule has 44 heavy (non-hydrogen) atoms. The van der Waals surface area contributed by atoms with Crippen LogP contribution in [0.4, 0.5) is 19.4 Å². The van der Waals surface area contributed by atoms with E-state index in [1.807, 2.05) is 24.8 Å². The van der Waals surface area contributed by atoms with Gasteiger partial charge in [0.1, 0.15) is 23.4 Å². The third-order valence-electron chi connectivity index (χ3n) is 6.96. The summed E-state index contributed by atoms with van der Waals surface area (Å²) in [4.78, 5) is 23.0. The van der Waals surface area contributed by atoms with E-state index in [0.29, 0.717) is 36.6 Å². The molecule has 3 heterocycles. The Labute approximate surface area is 258 Å². The highest BCUT2D eigenvalue weighted by Gasteiger charge is 2.36. The molecule has 0 radical (unpaired) electrons. The predicted molar refractivity (Wildman–Crippen MR) is 162 cm³/mol. The summed E-state index contributed by atoms with van der Waals surface area (Å²) in [5.74, 6) is 5.04. The number of nitrogens with one attached hydrogen (secondary N) is 1. The van der Waals surface area contributed by atoms with Gasteiger partial charge in [-0.2, -0.15) is 10.5 Å². The van der Waals surface area contributed by atoms with Crippen molar-refractivity contribution in [2.45, 2.75) is 58.4 Å². The lowest BCUT2D eigenvalue weighted by molar-refractivity contribution is 0.169. The van der Waals surface area contributed by atoms with Crippen LogP contribution in [-0.2, 0) is 0 Å². The van der Waals surface area contributed by atoms with Crippen LogP contribution in [0.2, 0.25) is 5.02 Å². The first-order chi connectivity index (χ1) is 21.1. The lowest BCUT2D eigenvalue weighted by atomic mass is 9.93. The highest BCUT2D eigenvalue weighted by molar-refractivity contribution is 6.36. The fraction of sp³-hybridized carbons (Fsp3) is 0.414. The van der Waals surface area contributed by atoms with Crippen molar-refractivity contribution in [1.82, 2.24) is 20.3 Å². The molecule has 3 unspecified atom stereocenters. The van der Waals surface area contributed by atoms with Crippen molar-refractivity contribution in [1.29, 1.82) is 10.5 Å². The number of fused-ring (bicyclic) bond motifs is 2. The number of hydrogen-bond donors (Lipinski definition) is 4. The highest BCUT2D eigenvalue weighted by Crippen LogP contribution is 2.49. The van der Waals surface area contributed by atoms with Gasteiger partial charge in [0.2, 0.25) is 0 Å². The lowest BCUT2D eigenvalue weighted by Crippen LogP contribution is -2.55. The van der Waals surface area contributed by atoms with Crippen molar-refractivity contribution in [2.75, 3.05) is 24.6 Å². The molecule has 1 aromatic heterocycles. The predicted octanol–water partition coefficient (Wildman–Crippen LogP) is 4.48. The van der Waals surface area contributed by atoms with Gasteiger partial charge in [-0.05, 0) is 25.0 Å². The molecule has 12 nitrogen and oxygen atoms in total. The number of nitriles is 2. The molecule has 0 spiro atoms. The Kier molecular flexibility index (Phi) is 11.8. The Hall–Kier alpha value is -4.50. The second-order valence-electron chi connectivity index (χ2n) is 9.61. The molecule has 1 saturated heterocycles. The Morgan fingerprint density at radius 1 is 1.32 bits per heavy atom. The number of phenols is 1. The number of rotatable bonds is 4. The molecule has 15 heteroatoms. The van der Waals surface area contributed by atoms with Crippen LogP contribution < -0.4 is 26.5 Å². The average Bonchev–Trinajstić information content (AvgIpc) is 2.99. The molecule has 234 valence electrons. The standard InChI is InChI=1S/C25H25ClF2N8O3.C2H3N.C2H6/c26-20-18(17-12(9-29)2-1-3-15(17)37)21(28)22-19-23(20)39-7-5-14-8-13(34-25(38)36(31)10-16(27)30)4-6-35(14)24(19)33-11-32-22;1-2-3;1-2/h1-3,11,13-14,16,37H,4-8,10,30-31H2,(H,34,38);1H3;1-2H3. The summed E-state index contributed by atoms with van der Waals surface area (Å²) >= 11 is 6.72. The minimum absolute atomic E-state index is 0.0381. The maximum atomic E-state index is 16.1. The van der Waals surface area contributed by atoms with Gasteiger partial charge in [0.15, 0.2) is 17.9 Å². The quantitative estimate of drug-likeness (QED) is 0.138. The topological polar surface area (TPSA) is 190 Å². The number of anilines is 1. The van der Waals surface area contributed by atoms with E-state index in [1.165, 1.54) is 31.5 Å². The van der Waals surface area contributed by atoms with E-state index in [1.54, 1.807) is 6.07 Å². The number of aromatic nitrogens is 2. The van der Waals surface area contributed by atoms with Gasteiger partial charge < -0.3 is 25.8 Å². The number of amides is 2. The molecule has 2 aliphatic rings. The van der Waals surface area contributed by atoms with Gasteiger partial charge in [-0.3, -0.25) is 5.01 Å². The van der Waals surface area contributed by atoms with Crippen molar-refractivity contribution >= 4 is 34.4 Å². The van der Waals surface area contributed by atoms with Crippen LogP contribution in [0, 0.1) is 28.5 Å². The van der Waals surface area contributed by atoms with E-state index in [2.05, 4.69) is 15.3 Å². The molecule has 2 aliphatic heterocycles. The highest BCUT2D eigenvalue weighted by atomic mass is 35.5. The molecule has 3 aromatic rings. The SMILES string of the molecule is CC.CC#N.N#Cc1cccc(O)c1-c1c(Cl)c2c3c(ncnc3c1F)N1CCC(NC(=O)N(N)CC(N)F)CC1CCO2. The number of nitrogens with two attached hydrogens (primary N) is 2. The van der Waals surface area contributed by atoms with Gasteiger partial charge in [0, 0.05) is 43.1 Å². The smallest absolute Gasteiger partial charge is 0.331 e. The van der Waals surface area contributed by atoms with Gasteiger partial charge in [-0.1, -0.05) is 31.5 Å². The number of carbonyl (C=O) groups excluding carboxylic acids is 1. The Bertz CT molecular complexity index is 1580. The third-order valence-corrected chi connectivity index (χ3v) is 7.32. The van der Waals surface area contributed by atoms with Crippen molar-refractivity contribution in [3.8, 4) is 34.8 Å². The lowest BCUT2D eigenvalue weighted by Gasteiger charge is -2.42. The second kappa shape index (κ2) is 15.3. The first kappa shape index (κ1) is 34.0. The number of ether oxygens (including phenoxy) is 1. The number of alkyl halides is 1. The monoisotopic (exact) mass is 629 g/mol. The summed E-state index contributed by atoms with van der Waals surface area (Å²) in [6, 6.07) is 6.94. The van der Waals surface area contributed by atoms with Gasteiger partial charge in [-0.15, -0.1) is 0 Å². The molecule has 5 rings (SSSR count). The first-order valence-corrected chi connectivity index (χ1v) is 14.3. The number of halogens is 3. The zero-order chi connectivity index (χ0) is 32.6.